The molecule has 0 radical (unpaired) electrons. The Morgan fingerprint density at radius 1 is 1.14 bits per heavy atom. The number of rotatable bonds is 5. The molecule has 146 valence electrons. The first-order valence-electron chi connectivity index (χ1n) is 8.77. The van der Waals surface area contributed by atoms with Crippen molar-refractivity contribution in [3.05, 3.63) is 65.7 Å². The van der Waals surface area contributed by atoms with E-state index in [0.717, 1.165) is 9.54 Å². The van der Waals surface area contributed by atoms with E-state index in [0.29, 0.717) is 22.2 Å². The van der Waals surface area contributed by atoms with Crippen molar-refractivity contribution in [1.29, 1.82) is 0 Å². The summed E-state index contributed by atoms with van der Waals surface area (Å²) in [6, 6.07) is 14.6. The Kier molecular flexibility index (Phi) is 5.24. The molecule has 7 nitrogen and oxygen atoms in total. The molecule has 8 heteroatoms. The normalized spacial score (nSPS) is 12.5. The highest BCUT2D eigenvalue weighted by Crippen LogP contribution is 2.29. The molecule has 3 aromatic rings. The minimum absolute atomic E-state index is 0.0857. The van der Waals surface area contributed by atoms with Crippen LogP contribution in [0, 0.1) is 0 Å². The van der Waals surface area contributed by atoms with Gasteiger partial charge in [-0.25, -0.2) is 17.4 Å². The van der Waals surface area contributed by atoms with Crippen LogP contribution in [-0.4, -0.2) is 35.6 Å². The van der Waals surface area contributed by atoms with E-state index in [1.165, 1.54) is 6.08 Å². The smallest absolute Gasteiger partial charge is 0.244 e. The molecule has 1 aromatic heterocycles. The third-order valence-electron chi connectivity index (χ3n) is 4.41. The van der Waals surface area contributed by atoms with E-state index in [2.05, 4.69) is 10.3 Å². The van der Waals surface area contributed by atoms with Crippen molar-refractivity contribution in [3.8, 4) is 0 Å². The zero-order valence-corrected chi connectivity index (χ0v) is 16.7. The Labute approximate surface area is 163 Å². The molecule has 3 rings (SSSR count). The molecule has 3 N–H and O–H groups in total. The van der Waals surface area contributed by atoms with Crippen molar-refractivity contribution in [1.82, 2.24) is 14.3 Å². The first kappa shape index (κ1) is 19.6. The third-order valence-corrected chi connectivity index (χ3v) is 6.49. The Morgan fingerprint density at radius 3 is 2.43 bits per heavy atom. The SMILES string of the molecule is CNC(=O)C=C(c1ccccc1)c1ccc2nc(N)n(S(=O)(=O)C(C)C)c2c1. The van der Waals surface area contributed by atoms with E-state index in [1.54, 1.807) is 39.1 Å². The van der Waals surface area contributed by atoms with Crippen LogP contribution in [0.1, 0.15) is 25.0 Å². The number of nitrogen functional groups attached to an aromatic ring is 1. The molecule has 2 aromatic carbocycles. The highest BCUT2D eigenvalue weighted by atomic mass is 32.2. The highest BCUT2D eigenvalue weighted by molar-refractivity contribution is 7.90. The van der Waals surface area contributed by atoms with Crippen LogP contribution < -0.4 is 11.1 Å². The molecule has 0 unspecified atom stereocenters. The Bertz CT molecular complexity index is 1160. The number of nitrogens with two attached hydrogens (primary N) is 1. The predicted octanol–water partition coefficient (Wildman–Crippen LogP) is 2.38. The number of hydrogen-bond acceptors (Lipinski definition) is 5. The van der Waals surface area contributed by atoms with Gasteiger partial charge < -0.3 is 11.1 Å². The molecule has 0 fully saturated rings. The fourth-order valence-electron chi connectivity index (χ4n) is 2.87. The van der Waals surface area contributed by atoms with Gasteiger partial charge in [-0.15, -0.1) is 0 Å². The van der Waals surface area contributed by atoms with E-state index in [9.17, 15) is 13.2 Å². The molecule has 0 aliphatic carbocycles. The zero-order chi connectivity index (χ0) is 20.5. The standard InChI is InChI=1S/C20H22N4O3S/c1-13(2)28(26,27)24-18-11-15(9-10-17(18)23-20(24)21)16(12-19(25)22-3)14-7-5-4-6-8-14/h4-13H,1-3H3,(H2,21,23)(H,22,25). The summed E-state index contributed by atoms with van der Waals surface area (Å²) in [5.41, 5.74) is 8.93. The van der Waals surface area contributed by atoms with Crippen LogP contribution >= 0.6 is 0 Å². The molecule has 0 bridgehead atoms. The molecular weight excluding hydrogens is 376 g/mol. The number of fused-ring (bicyclic) bond motifs is 1. The number of benzene rings is 2. The van der Waals surface area contributed by atoms with E-state index in [-0.39, 0.29) is 11.9 Å². The van der Waals surface area contributed by atoms with Gasteiger partial charge in [0.05, 0.1) is 16.3 Å². The molecule has 1 heterocycles. The fourth-order valence-corrected chi connectivity index (χ4v) is 4.02. The topological polar surface area (TPSA) is 107 Å². The summed E-state index contributed by atoms with van der Waals surface area (Å²) in [6.07, 6.45) is 1.48. The second-order valence-electron chi connectivity index (χ2n) is 6.57. The van der Waals surface area contributed by atoms with Gasteiger partial charge in [-0.3, -0.25) is 4.79 Å². The van der Waals surface area contributed by atoms with Crippen molar-refractivity contribution in [2.24, 2.45) is 0 Å². The maximum absolute atomic E-state index is 12.8. The molecule has 0 atom stereocenters. The highest BCUT2D eigenvalue weighted by Gasteiger charge is 2.24. The van der Waals surface area contributed by atoms with Crippen molar-refractivity contribution in [2.75, 3.05) is 12.8 Å². The molecule has 0 aliphatic heterocycles. The number of amides is 1. The van der Waals surface area contributed by atoms with Crippen LogP contribution in [-0.2, 0) is 14.8 Å². The van der Waals surface area contributed by atoms with Crippen LogP contribution in [0.25, 0.3) is 16.6 Å². The van der Waals surface area contributed by atoms with Gasteiger partial charge in [0, 0.05) is 13.1 Å². The summed E-state index contributed by atoms with van der Waals surface area (Å²) in [4.78, 5) is 16.2. The van der Waals surface area contributed by atoms with Crippen molar-refractivity contribution < 1.29 is 13.2 Å². The summed E-state index contributed by atoms with van der Waals surface area (Å²) < 4.78 is 26.6. The van der Waals surface area contributed by atoms with E-state index < -0.39 is 15.3 Å². The maximum atomic E-state index is 12.8. The van der Waals surface area contributed by atoms with Gasteiger partial charge in [0.25, 0.3) is 0 Å². The third kappa shape index (κ3) is 3.50. The van der Waals surface area contributed by atoms with Crippen LogP contribution in [0.15, 0.2) is 54.6 Å². The minimum atomic E-state index is -3.70. The van der Waals surface area contributed by atoms with Crippen LogP contribution in [0.3, 0.4) is 0 Å². The van der Waals surface area contributed by atoms with E-state index in [1.807, 2.05) is 30.3 Å². The Hall–Kier alpha value is -3.13. The minimum Gasteiger partial charge on any atom is -0.368 e. The number of aromatic nitrogens is 2. The van der Waals surface area contributed by atoms with E-state index >= 15 is 0 Å². The number of carbonyl (C=O) groups is 1. The molecule has 0 saturated carbocycles. The number of anilines is 1. The number of imidazole rings is 1. The molecule has 28 heavy (non-hydrogen) atoms. The second kappa shape index (κ2) is 7.47. The fraction of sp³-hybridized carbons (Fsp3) is 0.200. The van der Waals surface area contributed by atoms with Crippen LogP contribution in [0.4, 0.5) is 5.95 Å². The molecule has 1 amide bonds. The average Bonchev–Trinajstić information content (AvgIpc) is 3.01. The number of nitrogens with one attached hydrogen (secondary N) is 1. The number of carbonyl (C=O) groups excluding carboxylic acids is 1. The van der Waals surface area contributed by atoms with Crippen LogP contribution in [0.2, 0.25) is 0 Å². The number of likely N-dealkylation sites (N-methyl/N-ethyl adjacent to an activating group) is 1. The second-order valence-corrected chi connectivity index (χ2v) is 8.91. The van der Waals surface area contributed by atoms with Gasteiger partial charge >= 0.3 is 0 Å². The number of hydrogen-bond donors (Lipinski definition) is 2. The average molecular weight is 398 g/mol. The van der Waals surface area contributed by atoms with Crippen molar-refractivity contribution in [3.63, 3.8) is 0 Å². The van der Waals surface area contributed by atoms with Gasteiger partial charge in [-0.05, 0) is 42.7 Å². The Balaban J connectivity index is 2.28. The van der Waals surface area contributed by atoms with E-state index in [4.69, 9.17) is 5.73 Å². The maximum Gasteiger partial charge on any atom is 0.244 e. The van der Waals surface area contributed by atoms with Crippen molar-refractivity contribution >= 4 is 38.5 Å². The summed E-state index contributed by atoms with van der Waals surface area (Å²) in [7, 11) is -2.14. The zero-order valence-electron chi connectivity index (χ0n) is 15.9. The molecule has 0 aliphatic rings. The summed E-state index contributed by atoms with van der Waals surface area (Å²) >= 11 is 0. The number of nitrogens with zero attached hydrogens (tertiary/aromatic N) is 2. The lowest BCUT2D eigenvalue weighted by Crippen LogP contribution is -2.23. The van der Waals surface area contributed by atoms with Gasteiger partial charge in [-0.1, -0.05) is 36.4 Å². The molecule has 0 saturated heterocycles. The first-order valence-corrected chi connectivity index (χ1v) is 10.3. The molecular formula is C20H22N4O3S. The monoisotopic (exact) mass is 398 g/mol. The molecule has 0 spiro atoms. The summed E-state index contributed by atoms with van der Waals surface area (Å²) in [5, 5.41) is 1.92. The largest absolute Gasteiger partial charge is 0.368 e. The van der Waals surface area contributed by atoms with Gasteiger partial charge in [0.15, 0.2) is 0 Å². The van der Waals surface area contributed by atoms with Crippen LogP contribution in [0.5, 0.6) is 0 Å². The quantitative estimate of drug-likeness (QED) is 0.642. The lowest BCUT2D eigenvalue weighted by Gasteiger charge is -2.12. The predicted molar refractivity (Wildman–Crippen MR) is 111 cm³/mol. The lowest BCUT2D eigenvalue weighted by molar-refractivity contribution is -0.116. The lowest BCUT2D eigenvalue weighted by atomic mass is 9.97. The van der Waals surface area contributed by atoms with Gasteiger partial charge in [-0.2, -0.15) is 0 Å². The Morgan fingerprint density at radius 2 is 1.82 bits per heavy atom. The summed E-state index contributed by atoms with van der Waals surface area (Å²) in [5.74, 6) is -0.348. The van der Waals surface area contributed by atoms with Gasteiger partial charge in [0.2, 0.25) is 21.9 Å². The first-order chi connectivity index (χ1) is 13.3. The summed E-state index contributed by atoms with van der Waals surface area (Å²) in [6.45, 7) is 3.18. The van der Waals surface area contributed by atoms with Crippen molar-refractivity contribution in [2.45, 2.75) is 19.1 Å². The van der Waals surface area contributed by atoms with Gasteiger partial charge in [0.1, 0.15) is 0 Å².